The highest BCUT2D eigenvalue weighted by Crippen LogP contribution is 2.33. The molecule has 0 saturated heterocycles. The molecule has 0 spiro atoms. The van der Waals surface area contributed by atoms with E-state index in [0.717, 1.165) is 0 Å². The summed E-state index contributed by atoms with van der Waals surface area (Å²) in [6.45, 7) is 2.04. The molecule has 4 aromatic rings. The lowest BCUT2D eigenvalue weighted by atomic mass is 9.86. The van der Waals surface area contributed by atoms with Gasteiger partial charge in [-0.05, 0) is 65.3 Å². The second kappa shape index (κ2) is 6.74. The Morgan fingerprint density at radius 1 is 0.833 bits per heavy atom. The quantitative estimate of drug-likeness (QED) is 0.343. The average molecular weight is 331 g/mol. The van der Waals surface area contributed by atoms with E-state index in [4.69, 9.17) is 0 Å². The first-order valence-electron chi connectivity index (χ1n) is 8.60. The number of nitrogens with zero attached hydrogens (tertiary/aromatic N) is 1. The smallest absolute Gasteiger partial charge is 0.0794 e. The van der Waals surface area contributed by atoms with E-state index in [-0.39, 0.29) is 0 Å². The molecule has 3 aromatic carbocycles. The Labute approximate surface area is 147 Å². The van der Waals surface area contributed by atoms with Crippen molar-refractivity contribution in [3.8, 4) is 0 Å². The van der Waals surface area contributed by atoms with Crippen LogP contribution in [0.1, 0.15) is 28.8 Å². The van der Waals surface area contributed by atoms with Crippen LogP contribution in [0, 0.1) is 6.92 Å². The molecule has 24 heavy (non-hydrogen) atoms. The van der Waals surface area contributed by atoms with E-state index < -0.39 is 0 Å². The van der Waals surface area contributed by atoms with Gasteiger partial charge >= 0.3 is 0 Å². The molecular formula is C22H21NS. The van der Waals surface area contributed by atoms with E-state index >= 15 is 0 Å². The van der Waals surface area contributed by atoms with Gasteiger partial charge in [0.15, 0.2) is 0 Å². The minimum Gasteiger partial charge on any atom is -0.253 e. The van der Waals surface area contributed by atoms with Crippen molar-refractivity contribution in [3.05, 3.63) is 76.2 Å². The minimum absolute atomic E-state index is 1.25. The highest BCUT2D eigenvalue weighted by Gasteiger charge is 2.13. The zero-order valence-corrected chi connectivity index (χ0v) is 14.8. The highest BCUT2D eigenvalue weighted by atomic mass is 32.1. The Morgan fingerprint density at radius 2 is 1.67 bits per heavy atom. The Kier molecular flexibility index (Phi) is 4.31. The first kappa shape index (κ1) is 15.3. The van der Waals surface area contributed by atoms with E-state index in [1.165, 1.54) is 52.1 Å². The second-order valence-electron chi connectivity index (χ2n) is 6.40. The number of benzene rings is 3. The SMILES string of the molecule is Cc1cncs1.c1ccc2c(c1)ccc1c3c(ccc12)CCCC3. The Hall–Kier alpha value is -2.19. The van der Waals surface area contributed by atoms with Gasteiger partial charge in [-0.3, -0.25) is 4.98 Å². The van der Waals surface area contributed by atoms with Crippen molar-refractivity contribution >= 4 is 32.9 Å². The van der Waals surface area contributed by atoms with Gasteiger partial charge in [0.05, 0.1) is 5.51 Å². The molecule has 0 unspecified atom stereocenters. The van der Waals surface area contributed by atoms with Gasteiger partial charge in [0.2, 0.25) is 0 Å². The van der Waals surface area contributed by atoms with Crippen LogP contribution >= 0.6 is 11.3 Å². The molecule has 1 nitrogen and oxygen atoms in total. The molecule has 0 aliphatic heterocycles. The van der Waals surface area contributed by atoms with Crippen molar-refractivity contribution in [2.24, 2.45) is 0 Å². The molecule has 5 rings (SSSR count). The fraction of sp³-hybridized carbons (Fsp3) is 0.227. The molecule has 0 amide bonds. The van der Waals surface area contributed by atoms with E-state index in [1.807, 2.05) is 18.6 Å². The predicted octanol–water partition coefficient (Wildman–Crippen LogP) is 6.32. The van der Waals surface area contributed by atoms with Crippen molar-refractivity contribution in [1.29, 1.82) is 0 Å². The molecule has 1 aliphatic rings. The topological polar surface area (TPSA) is 12.9 Å². The summed E-state index contributed by atoms with van der Waals surface area (Å²) in [5, 5.41) is 5.64. The summed E-state index contributed by atoms with van der Waals surface area (Å²) in [6.07, 6.45) is 7.07. The number of aryl methyl sites for hydroxylation is 3. The van der Waals surface area contributed by atoms with Crippen molar-refractivity contribution < 1.29 is 0 Å². The number of thiazole rings is 1. The zero-order chi connectivity index (χ0) is 16.4. The van der Waals surface area contributed by atoms with Crippen LogP contribution in [0.5, 0.6) is 0 Å². The third-order valence-electron chi connectivity index (χ3n) is 4.81. The highest BCUT2D eigenvalue weighted by molar-refractivity contribution is 7.09. The van der Waals surface area contributed by atoms with Crippen LogP contribution in [-0.4, -0.2) is 4.98 Å². The Bertz CT molecular complexity index is 970. The lowest BCUT2D eigenvalue weighted by Crippen LogP contribution is -2.02. The van der Waals surface area contributed by atoms with Crippen LogP contribution in [0.3, 0.4) is 0 Å². The van der Waals surface area contributed by atoms with Crippen LogP contribution in [0.25, 0.3) is 21.5 Å². The van der Waals surface area contributed by atoms with Gasteiger partial charge in [-0.2, -0.15) is 0 Å². The maximum absolute atomic E-state index is 3.84. The van der Waals surface area contributed by atoms with Gasteiger partial charge in [-0.15, -0.1) is 11.3 Å². The minimum atomic E-state index is 1.25. The summed E-state index contributed by atoms with van der Waals surface area (Å²) in [7, 11) is 0. The third-order valence-corrected chi connectivity index (χ3v) is 5.52. The molecule has 1 aromatic heterocycles. The van der Waals surface area contributed by atoms with Crippen molar-refractivity contribution in [3.63, 3.8) is 0 Å². The van der Waals surface area contributed by atoms with Gasteiger partial charge in [0, 0.05) is 11.1 Å². The van der Waals surface area contributed by atoms with Crippen LogP contribution in [0.4, 0.5) is 0 Å². The van der Waals surface area contributed by atoms with Crippen LogP contribution in [-0.2, 0) is 12.8 Å². The summed E-state index contributed by atoms with van der Waals surface area (Å²) in [4.78, 5) is 5.11. The second-order valence-corrected chi connectivity index (χ2v) is 7.49. The normalized spacial score (nSPS) is 13.4. The summed E-state index contributed by atoms with van der Waals surface area (Å²) in [6, 6.07) is 18.0. The number of aromatic nitrogens is 1. The molecule has 0 N–H and O–H groups in total. The van der Waals surface area contributed by atoms with Gasteiger partial charge in [0.1, 0.15) is 0 Å². The van der Waals surface area contributed by atoms with Gasteiger partial charge in [0.25, 0.3) is 0 Å². The number of rotatable bonds is 0. The number of hydrogen-bond donors (Lipinski definition) is 0. The Morgan fingerprint density at radius 3 is 2.46 bits per heavy atom. The van der Waals surface area contributed by atoms with Crippen LogP contribution in [0.15, 0.2) is 60.2 Å². The fourth-order valence-electron chi connectivity index (χ4n) is 3.62. The Balaban J connectivity index is 0.000000207. The summed E-state index contributed by atoms with van der Waals surface area (Å²) >= 11 is 1.67. The molecule has 120 valence electrons. The summed E-state index contributed by atoms with van der Waals surface area (Å²) in [5.74, 6) is 0. The molecule has 0 atom stereocenters. The summed E-state index contributed by atoms with van der Waals surface area (Å²) < 4.78 is 0. The molecular weight excluding hydrogens is 310 g/mol. The van der Waals surface area contributed by atoms with E-state index in [9.17, 15) is 0 Å². The van der Waals surface area contributed by atoms with E-state index in [2.05, 4.69) is 53.5 Å². The number of fused-ring (bicyclic) bond motifs is 5. The van der Waals surface area contributed by atoms with Crippen molar-refractivity contribution in [1.82, 2.24) is 4.98 Å². The largest absolute Gasteiger partial charge is 0.253 e. The maximum atomic E-state index is 3.84. The molecule has 1 aliphatic carbocycles. The standard InChI is InChI=1S/C18H16.C4H5NS/c1-3-7-15-13(5-1)9-11-18-16-8-4-2-6-14(16)10-12-17(15)18;1-4-2-5-3-6-4/h1,3,5,7,9-12H,2,4,6,8H2;2-3H,1H3. The average Bonchev–Trinajstić information content (AvgIpc) is 3.12. The zero-order valence-electron chi connectivity index (χ0n) is 14.0. The predicted molar refractivity (Wildman–Crippen MR) is 105 cm³/mol. The maximum Gasteiger partial charge on any atom is 0.0794 e. The van der Waals surface area contributed by atoms with Gasteiger partial charge < -0.3 is 0 Å². The molecule has 0 bridgehead atoms. The van der Waals surface area contributed by atoms with E-state index in [0.29, 0.717) is 0 Å². The molecule has 0 radical (unpaired) electrons. The first-order valence-corrected chi connectivity index (χ1v) is 9.48. The lowest BCUT2D eigenvalue weighted by Gasteiger charge is -2.18. The molecule has 2 heteroatoms. The van der Waals surface area contributed by atoms with Crippen LogP contribution in [0.2, 0.25) is 0 Å². The van der Waals surface area contributed by atoms with E-state index in [1.54, 1.807) is 22.5 Å². The molecule has 0 fully saturated rings. The van der Waals surface area contributed by atoms with Crippen molar-refractivity contribution in [2.45, 2.75) is 32.6 Å². The number of hydrogen-bond acceptors (Lipinski definition) is 2. The lowest BCUT2D eigenvalue weighted by molar-refractivity contribution is 0.690. The monoisotopic (exact) mass is 331 g/mol. The third kappa shape index (κ3) is 2.94. The van der Waals surface area contributed by atoms with Crippen molar-refractivity contribution in [2.75, 3.05) is 0 Å². The fourth-order valence-corrected chi connectivity index (χ4v) is 4.03. The first-order chi connectivity index (χ1) is 11.8. The van der Waals surface area contributed by atoms with Gasteiger partial charge in [-0.25, -0.2) is 0 Å². The van der Waals surface area contributed by atoms with Gasteiger partial charge in [-0.1, -0.05) is 48.5 Å². The van der Waals surface area contributed by atoms with Crippen LogP contribution < -0.4 is 0 Å². The summed E-state index contributed by atoms with van der Waals surface area (Å²) in [5.41, 5.74) is 5.00. The molecule has 0 saturated carbocycles. The molecule has 1 heterocycles.